The van der Waals surface area contributed by atoms with Gasteiger partial charge in [-0.2, -0.15) is 0 Å². The van der Waals surface area contributed by atoms with Crippen molar-refractivity contribution in [3.8, 4) is 0 Å². The Kier molecular flexibility index (Phi) is 5.87. The summed E-state index contributed by atoms with van der Waals surface area (Å²) in [6, 6.07) is -0.622. The van der Waals surface area contributed by atoms with Crippen molar-refractivity contribution in [1.82, 2.24) is 5.32 Å². The van der Waals surface area contributed by atoms with Crippen molar-refractivity contribution in [3.63, 3.8) is 0 Å². The second-order valence-corrected chi connectivity index (χ2v) is 3.33. The molecule has 5 nitrogen and oxygen atoms in total. The number of carbonyl (C=O) groups is 2. The van der Waals surface area contributed by atoms with Gasteiger partial charge >= 0.3 is 0 Å². The maximum Gasteiger partial charge on any atom is 0.246 e. The lowest BCUT2D eigenvalue weighted by Gasteiger charge is -2.18. The summed E-state index contributed by atoms with van der Waals surface area (Å²) in [5, 5.41) is 2.51. The standard InChI is InChI=1S/C9H18N2O3/c1-4-14-5-7(12)11-8(6(2)3)9(10)13/h6,8H,4-5H2,1-3H3,(H2,10,13)(H,11,12)/t8-/m1/s1. The summed E-state index contributed by atoms with van der Waals surface area (Å²) < 4.78 is 4.89. The van der Waals surface area contributed by atoms with E-state index in [4.69, 9.17) is 10.5 Å². The molecule has 0 rings (SSSR count). The fourth-order valence-corrected chi connectivity index (χ4v) is 0.976. The minimum atomic E-state index is -0.622. The van der Waals surface area contributed by atoms with Gasteiger partial charge in [0.15, 0.2) is 0 Å². The fourth-order valence-electron chi connectivity index (χ4n) is 0.976. The highest BCUT2D eigenvalue weighted by Crippen LogP contribution is 2.00. The van der Waals surface area contributed by atoms with Crippen molar-refractivity contribution in [3.05, 3.63) is 0 Å². The minimum absolute atomic E-state index is 0.0157. The summed E-state index contributed by atoms with van der Waals surface area (Å²) in [7, 11) is 0. The van der Waals surface area contributed by atoms with Crippen molar-refractivity contribution < 1.29 is 14.3 Å². The van der Waals surface area contributed by atoms with Crippen molar-refractivity contribution in [1.29, 1.82) is 0 Å². The van der Waals surface area contributed by atoms with Gasteiger partial charge in [0.25, 0.3) is 0 Å². The molecule has 0 fully saturated rings. The van der Waals surface area contributed by atoms with Crippen molar-refractivity contribution >= 4 is 11.8 Å². The second kappa shape index (κ2) is 6.37. The summed E-state index contributed by atoms with van der Waals surface area (Å²) in [4.78, 5) is 22.1. The largest absolute Gasteiger partial charge is 0.372 e. The van der Waals surface area contributed by atoms with Crippen LogP contribution in [-0.2, 0) is 14.3 Å². The Hall–Kier alpha value is -1.10. The van der Waals surface area contributed by atoms with Gasteiger partial charge < -0.3 is 15.8 Å². The predicted molar refractivity (Wildman–Crippen MR) is 52.5 cm³/mol. The van der Waals surface area contributed by atoms with Crippen LogP contribution in [0.2, 0.25) is 0 Å². The molecule has 0 aliphatic heterocycles. The van der Waals surface area contributed by atoms with Crippen LogP contribution in [0.5, 0.6) is 0 Å². The summed E-state index contributed by atoms with van der Waals surface area (Å²) in [6.45, 7) is 5.86. The smallest absolute Gasteiger partial charge is 0.246 e. The molecule has 0 saturated carbocycles. The van der Waals surface area contributed by atoms with Gasteiger partial charge in [0.05, 0.1) is 0 Å². The Balaban J connectivity index is 4.04. The van der Waals surface area contributed by atoms with Gasteiger partial charge in [-0.3, -0.25) is 9.59 Å². The Bertz CT molecular complexity index is 204. The highest BCUT2D eigenvalue weighted by Gasteiger charge is 2.21. The number of hydrogen-bond donors (Lipinski definition) is 2. The van der Waals surface area contributed by atoms with E-state index in [0.29, 0.717) is 6.61 Å². The fraction of sp³-hybridized carbons (Fsp3) is 0.778. The van der Waals surface area contributed by atoms with Crippen LogP contribution in [0.25, 0.3) is 0 Å². The molecule has 14 heavy (non-hydrogen) atoms. The van der Waals surface area contributed by atoms with Crippen LogP contribution in [0.1, 0.15) is 20.8 Å². The number of nitrogens with one attached hydrogen (secondary N) is 1. The van der Waals surface area contributed by atoms with E-state index in [9.17, 15) is 9.59 Å². The van der Waals surface area contributed by atoms with Gasteiger partial charge in [0, 0.05) is 6.61 Å². The third-order valence-corrected chi connectivity index (χ3v) is 1.73. The molecule has 1 atom stereocenters. The molecule has 0 saturated heterocycles. The third kappa shape index (κ3) is 4.81. The van der Waals surface area contributed by atoms with E-state index in [0.717, 1.165) is 0 Å². The number of hydrogen-bond acceptors (Lipinski definition) is 3. The molecule has 0 aromatic carbocycles. The van der Waals surface area contributed by atoms with Gasteiger partial charge in [-0.25, -0.2) is 0 Å². The van der Waals surface area contributed by atoms with Crippen molar-refractivity contribution in [2.75, 3.05) is 13.2 Å². The Labute approximate surface area is 84.0 Å². The number of ether oxygens (including phenoxy) is 1. The van der Waals surface area contributed by atoms with Crippen LogP contribution >= 0.6 is 0 Å². The Morgan fingerprint density at radius 3 is 2.36 bits per heavy atom. The average Bonchev–Trinajstić information content (AvgIpc) is 2.09. The van der Waals surface area contributed by atoms with E-state index in [2.05, 4.69) is 5.32 Å². The number of primary amides is 1. The number of rotatable bonds is 6. The predicted octanol–water partition coefficient (Wildman–Crippen LogP) is -0.351. The highest BCUT2D eigenvalue weighted by molar-refractivity contribution is 5.87. The third-order valence-electron chi connectivity index (χ3n) is 1.73. The van der Waals surface area contributed by atoms with Gasteiger partial charge in [-0.15, -0.1) is 0 Å². The van der Waals surface area contributed by atoms with E-state index in [1.54, 1.807) is 6.92 Å². The molecule has 0 aromatic rings. The molecule has 5 heteroatoms. The highest BCUT2D eigenvalue weighted by atomic mass is 16.5. The molecule has 82 valence electrons. The van der Waals surface area contributed by atoms with Gasteiger partial charge in [0.1, 0.15) is 12.6 Å². The van der Waals surface area contributed by atoms with E-state index in [1.807, 2.05) is 13.8 Å². The molecular formula is C9H18N2O3. The number of amides is 2. The lowest BCUT2D eigenvalue weighted by atomic mass is 10.0. The summed E-state index contributed by atoms with van der Waals surface area (Å²) in [5.41, 5.74) is 5.12. The van der Waals surface area contributed by atoms with Gasteiger partial charge in [-0.05, 0) is 12.8 Å². The molecule has 0 aromatic heterocycles. The molecule has 0 aliphatic rings. The zero-order chi connectivity index (χ0) is 11.1. The van der Waals surface area contributed by atoms with Crippen LogP contribution in [0, 0.1) is 5.92 Å². The molecule has 0 heterocycles. The zero-order valence-electron chi connectivity index (χ0n) is 8.87. The molecule has 2 amide bonds. The van der Waals surface area contributed by atoms with Crippen LogP contribution in [0.3, 0.4) is 0 Å². The lowest BCUT2D eigenvalue weighted by Crippen LogP contribution is -2.48. The maximum absolute atomic E-state index is 11.2. The first-order valence-electron chi connectivity index (χ1n) is 4.65. The number of carbonyl (C=O) groups excluding carboxylic acids is 2. The van der Waals surface area contributed by atoms with Crippen LogP contribution < -0.4 is 11.1 Å². The molecule has 0 unspecified atom stereocenters. The van der Waals surface area contributed by atoms with Crippen molar-refractivity contribution in [2.45, 2.75) is 26.8 Å². The van der Waals surface area contributed by atoms with Crippen LogP contribution in [-0.4, -0.2) is 31.1 Å². The molecule has 3 N–H and O–H groups in total. The summed E-state index contributed by atoms with van der Waals surface area (Å²) in [5.74, 6) is -0.854. The van der Waals surface area contributed by atoms with Gasteiger partial charge in [0.2, 0.25) is 11.8 Å². The molecule has 0 spiro atoms. The SMILES string of the molecule is CCOCC(=O)N[C@@H](C(N)=O)C(C)C. The van der Waals surface area contributed by atoms with E-state index in [-0.39, 0.29) is 18.4 Å². The first-order chi connectivity index (χ1) is 6.49. The molecule has 0 bridgehead atoms. The maximum atomic E-state index is 11.2. The van der Waals surface area contributed by atoms with Gasteiger partial charge in [-0.1, -0.05) is 13.8 Å². The van der Waals surface area contributed by atoms with Crippen molar-refractivity contribution in [2.24, 2.45) is 11.7 Å². The van der Waals surface area contributed by atoms with E-state index in [1.165, 1.54) is 0 Å². The molecule has 0 radical (unpaired) electrons. The second-order valence-electron chi connectivity index (χ2n) is 3.33. The summed E-state index contributed by atoms with van der Waals surface area (Å²) in [6.07, 6.45) is 0. The minimum Gasteiger partial charge on any atom is -0.372 e. The average molecular weight is 202 g/mol. The zero-order valence-corrected chi connectivity index (χ0v) is 8.87. The van der Waals surface area contributed by atoms with Crippen LogP contribution in [0.4, 0.5) is 0 Å². The first-order valence-corrected chi connectivity index (χ1v) is 4.65. The Morgan fingerprint density at radius 2 is 2.00 bits per heavy atom. The Morgan fingerprint density at radius 1 is 1.43 bits per heavy atom. The number of nitrogens with two attached hydrogens (primary N) is 1. The lowest BCUT2D eigenvalue weighted by molar-refractivity contribution is -0.131. The monoisotopic (exact) mass is 202 g/mol. The normalized spacial score (nSPS) is 12.6. The summed E-state index contributed by atoms with van der Waals surface area (Å²) >= 11 is 0. The topological polar surface area (TPSA) is 81.4 Å². The molecular weight excluding hydrogens is 184 g/mol. The first kappa shape index (κ1) is 12.9. The van der Waals surface area contributed by atoms with E-state index >= 15 is 0 Å². The quantitative estimate of drug-likeness (QED) is 0.617. The van der Waals surface area contributed by atoms with E-state index < -0.39 is 11.9 Å². The van der Waals surface area contributed by atoms with Crippen LogP contribution in [0.15, 0.2) is 0 Å². The molecule has 0 aliphatic carbocycles.